The highest BCUT2D eigenvalue weighted by atomic mass is 16.6. The predicted molar refractivity (Wildman–Crippen MR) is 107 cm³/mol. The molecule has 0 aliphatic heterocycles. The molecule has 2 aromatic rings. The van der Waals surface area contributed by atoms with E-state index >= 15 is 0 Å². The molecule has 150 valence electrons. The minimum absolute atomic E-state index is 0.101. The average molecular weight is 387 g/mol. The molecule has 0 aliphatic carbocycles. The lowest BCUT2D eigenvalue weighted by Crippen LogP contribution is -2.33. The molecule has 0 saturated heterocycles. The number of carbonyl (C=O) groups excluding carboxylic acids is 1. The van der Waals surface area contributed by atoms with Crippen LogP contribution in [0.15, 0.2) is 36.4 Å². The maximum atomic E-state index is 12.2. The molecule has 0 radical (unpaired) electrons. The van der Waals surface area contributed by atoms with Gasteiger partial charge in [-0.3, -0.25) is 19.8 Å². The first-order valence-corrected chi connectivity index (χ1v) is 8.80. The Bertz CT molecular complexity index is 833. The number of nitro groups is 1. The zero-order valence-corrected chi connectivity index (χ0v) is 16.5. The minimum atomic E-state index is -0.516. The molecule has 8 heteroatoms. The smallest absolute Gasteiger partial charge is 0.273 e. The van der Waals surface area contributed by atoms with E-state index in [9.17, 15) is 14.9 Å². The summed E-state index contributed by atoms with van der Waals surface area (Å²) in [5.74, 6) is 0.801. The number of nitrogens with one attached hydrogen (secondary N) is 1. The lowest BCUT2D eigenvalue weighted by Gasteiger charge is -2.17. The largest absolute Gasteiger partial charge is 0.494 e. The van der Waals surface area contributed by atoms with Crippen LogP contribution < -0.4 is 14.8 Å². The molecule has 28 heavy (non-hydrogen) atoms. The van der Waals surface area contributed by atoms with Gasteiger partial charge in [-0.2, -0.15) is 0 Å². The molecule has 8 nitrogen and oxygen atoms in total. The Morgan fingerprint density at radius 1 is 1.18 bits per heavy atom. The summed E-state index contributed by atoms with van der Waals surface area (Å²) in [5.41, 5.74) is 2.56. The van der Waals surface area contributed by atoms with Crippen molar-refractivity contribution in [2.24, 2.45) is 0 Å². The van der Waals surface area contributed by atoms with Crippen molar-refractivity contribution in [1.82, 2.24) is 4.90 Å². The third-order valence-electron chi connectivity index (χ3n) is 4.02. The number of hydrogen-bond donors (Lipinski definition) is 1. The average Bonchev–Trinajstić information content (AvgIpc) is 2.60. The predicted octanol–water partition coefficient (Wildman–Crippen LogP) is 3.17. The van der Waals surface area contributed by atoms with Gasteiger partial charge in [0.15, 0.2) is 0 Å². The second-order valence-corrected chi connectivity index (χ2v) is 6.60. The van der Waals surface area contributed by atoms with Crippen LogP contribution in [0.25, 0.3) is 0 Å². The summed E-state index contributed by atoms with van der Waals surface area (Å²) >= 11 is 0. The Hall–Kier alpha value is -3.13. The van der Waals surface area contributed by atoms with Crippen molar-refractivity contribution in [3.05, 3.63) is 57.6 Å². The van der Waals surface area contributed by atoms with Gasteiger partial charge in [-0.15, -0.1) is 0 Å². The molecule has 0 saturated carbocycles. The van der Waals surface area contributed by atoms with Crippen molar-refractivity contribution >= 4 is 17.3 Å². The van der Waals surface area contributed by atoms with Crippen molar-refractivity contribution in [1.29, 1.82) is 0 Å². The maximum Gasteiger partial charge on any atom is 0.273 e. The zero-order chi connectivity index (χ0) is 20.7. The lowest BCUT2D eigenvalue weighted by molar-refractivity contribution is -0.384. The van der Waals surface area contributed by atoms with Gasteiger partial charge in [0.05, 0.1) is 30.3 Å². The summed E-state index contributed by atoms with van der Waals surface area (Å²) in [6.45, 7) is 5.20. The molecule has 1 amide bonds. The second kappa shape index (κ2) is 9.70. The number of methoxy groups -OCH3 is 1. The van der Waals surface area contributed by atoms with Gasteiger partial charge in [-0.25, -0.2) is 0 Å². The summed E-state index contributed by atoms with van der Waals surface area (Å²) in [5, 5.41) is 13.5. The van der Waals surface area contributed by atoms with Gasteiger partial charge in [0.2, 0.25) is 5.91 Å². The zero-order valence-electron chi connectivity index (χ0n) is 16.5. The van der Waals surface area contributed by atoms with Gasteiger partial charge >= 0.3 is 0 Å². The van der Waals surface area contributed by atoms with Gasteiger partial charge in [-0.05, 0) is 50.2 Å². The van der Waals surface area contributed by atoms with E-state index in [0.717, 1.165) is 16.9 Å². The maximum absolute atomic E-state index is 12.2. The minimum Gasteiger partial charge on any atom is -0.494 e. The van der Waals surface area contributed by atoms with E-state index in [4.69, 9.17) is 9.47 Å². The van der Waals surface area contributed by atoms with Gasteiger partial charge in [0.1, 0.15) is 18.1 Å². The van der Waals surface area contributed by atoms with Crippen molar-refractivity contribution in [3.8, 4) is 11.5 Å². The van der Waals surface area contributed by atoms with Crippen LogP contribution in [0.5, 0.6) is 11.5 Å². The number of ether oxygens (including phenoxy) is 2. The molecule has 0 fully saturated rings. The normalized spacial score (nSPS) is 10.6. The monoisotopic (exact) mass is 387 g/mol. The molecule has 0 bridgehead atoms. The van der Waals surface area contributed by atoms with E-state index in [2.05, 4.69) is 11.4 Å². The van der Waals surface area contributed by atoms with Crippen molar-refractivity contribution in [3.63, 3.8) is 0 Å². The fourth-order valence-corrected chi connectivity index (χ4v) is 2.75. The number of non-ortho nitro benzene ring substituents is 1. The van der Waals surface area contributed by atoms with E-state index < -0.39 is 4.92 Å². The molecule has 0 unspecified atom stereocenters. The van der Waals surface area contributed by atoms with Crippen LogP contribution >= 0.6 is 0 Å². The molecule has 2 aromatic carbocycles. The Morgan fingerprint density at radius 3 is 2.46 bits per heavy atom. The Balaban J connectivity index is 1.84. The highest BCUT2D eigenvalue weighted by molar-refractivity contribution is 5.93. The third kappa shape index (κ3) is 6.24. The molecule has 0 atom stereocenters. The van der Waals surface area contributed by atoms with Crippen LogP contribution in [0.1, 0.15) is 11.1 Å². The molecule has 2 rings (SSSR count). The SMILES string of the molecule is COc1cc([N+](=O)[O-])ccc1NC(=O)CN(C)CCOc1cc(C)cc(C)c1. The Morgan fingerprint density at radius 2 is 1.86 bits per heavy atom. The van der Waals surface area contributed by atoms with Crippen molar-refractivity contribution < 1.29 is 19.2 Å². The number of anilines is 1. The number of hydrogen-bond acceptors (Lipinski definition) is 6. The molecule has 0 aromatic heterocycles. The number of nitrogens with zero attached hydrogens (tertiary/aromatic N) is 2. The molecule has 0 aliphatic rings. The second-order valence-electron chi connectivity index (χ2n) is 6.60. The molecule has 0 heterocycles. The highest BCUT2D eigenvalue weighted by Crippen LogP contribution is 2.28. The van der Waals surface area contributed by atoms with Crippen LogP contribution in [-0.4, -0.2) is 49.6 Å². The number of nitro benzene ring substituents is 1. The van der Waals surface area contributed by atoms with Gasteiger partial charge in [0.25, 0.3) is 5.69 Å². The number of carbonyl (C=O) groups is 1. The van der Waals surface area contributed by atoms with E-state index in [0.29, 0.717) is 18.8 Å². The number of rotatable bonds is 9. The van der Waals surface area contributed by atoms with Gasteiger partial charge < -0.3 is 14.8 Å². The molecular weight excluding hydrogens is 362 g/mol. The van der Waals surface area contributed by atoms with E-state index in [-0.39, 0.29) is 23.9 Å². The van der Waals surface area contributed by atoms with Crippen molar-refractivity contribution in [2.75, 3.05) is 39.2 Å². The fraction of sp³-hybridized carbons (Fsp3) is 0.350. The van der Waals surface area contributed by atoms with E-state index in [1.165, 1.54) is 25.3 Å². The van der Waals surface area contributed by atoms with Crippen LogP contribution in [-0.2, 0) is 4.79 Å². The number of amides is 1. The number of aryl methyl sites for hydroxylation is 2. The fourth-order valence-electron chi connectivity index (χ4n) is 2.75. The van der Waals surface area contributed by atoms with E-state index in [1.54, 1.807) is 0 Å². The third-order valence-corrected chi connectivity index (χ3v) is 4.02. The highest BCUT2D eigenvalue weighted by Gasteiger charge is 2.14. The van der Waals surface area contributed by atoms with Gasteiger partial charge in [0, 0.05) is 12.6 Å². The molecule has 1 N–H and O–H groups in total. The lowest BCUT2D eigenvalue weighted by atomic mass is 10.1. The van der Waals surface area contributed by atoms with Crippen LogP contribution in [0, 0.1) is 24.0 Å². The first-order chi connectivity index (χ1) is 13.3. The van der Waals surface area contributed by atoms with Crippen LogP contribution in [0.3, 0.4) is 0 Å². The van der Waals surface area contributed by atoms with E-state index in [1.807, 2.05) is 37.9 Å². The molecule has 0 spiro atoms. The topological polar surface area (TPSA) is 93.9 Å². The number of likely N-dealkylation sites (N-methyl/N-ethyl adjacent to an activating group) is 1. The summed E-state index contributed by atoms with van der Waals surface area (Å²) < 4.78 is 10.9. The summed E-state index contributed by atoms with van der Waals surface area (Å²) in [7, 11) is 3.21. The molecular formula is C20H25N3O5. The quantitative estimate of drug-likeness (QED) is 0.525. The standard InChI is InChI=1S/C20H25N3O5/c1-14-9-15(2)11-17(10-14)28-8-7-22(3)13-20(24)21-18-6-5-16(23(25)26)12-19(18)27-4/h5-6,9-12H,7-8,13H2,1-4H3,(H,21,24). The summed E-state index contributed by atoms with van der Waals surface area (Å²) in [6.07, 6.45) is 0. The van der Waals surface area contributed by atoms with Crippen LogP contribution in [0.2, 0.25) is 0 Å². The first-order valence-electron chi connectivity index (χ1n) is 8.80. The summed E-state index contributed by atoms with van der Waals surface area (Å²) in [4.78, 5) is 24.4. The van der Waals surface area contributed by atoms with Crippen molar-refractivity contribution in [2.45, 2.75) is 13.8 Å². The first kappa shape index (κ1) is 21.2. The van der Waals surface area contributed by atoms with Gasteiger partial charge in [-0.1, -0.05) is 6.07 Å². The summed E-state index contributed by atoms with van der Waals surface area (Å²) in [6, 6.07) is 10.1. The number of benzene rings is 2. The Kier molecular flexibility index (Phi) is 7.34. The van der Waals surface area contributed by atoms with Crippen LogP contribution in [0.4, 0.5) is 11.4 Å². The Labute approximate surface area is 164 Å².